The molecule has 17 heavy (non-hydrogen) atoms. The van der Waals surface area contributed by atoms with Crippen molar-refractivity contribution < 1.29 is 14.7 Å². The Morgan fingerprint density at radius 3 is 2.59 bits per heavy atom. The van der Waals surface area contributed by atoms with E-state index in [2.05, 4.69) is 5.32 Å². The van der Waals surface area contributed by atoms with Crippen molar-refractivity contribution in [3.05, 3.63) is 35.4 Å². The van der Waals surface area contributed by atoms with Crippen molar-refractivity contribution >= 4 is 11.9 Å². The second-order valence-electron chi connectivity index (χ2n) is 4.65. The SMILES string of the molecule is CC(C)[C@H]1NC(=O)c2ccccc2[C@@H]1C(=O)O. The third kappa shape index (κ3) is 1.90. The van der Waals surface area contributed by atoms with Crippen LogP contribution in [0.3, 0.4) is 0 Å². The average molecular weight is 233 g/mol. The van der Waals surface area contributed by atoms with Gasteiger partial charge >= 0.3 is 5.97 Å². The lowest BCUT2D eigenvalue weighted by Gasteiger charge is -2.33. The summed E-state index contributed by atoms with van der Waals surface area (Å²) in [5.74, 6) is -1.66. The molecule has 1 heterocycles. The van der Waals surface area contributed by atoms with Gasteiger partial charge in [0.2, 0.25) is 0 Å². The van der Waals surface area contributed by atoms with E-state index >= 15 is 0 Å². The van der Waals surface area contributed by atoms with Crippen molar-refractivity contribution in [1.82, 2.24) is 5.32 Å². The molecule has 1 aliphatic rings. The molecule has 0 radical (unpaired) electrons. The zero-order valence-electron chi connectivity index (χ0n) is 9.81. The molecule has 1 amide bonds. The van der Waals surface area contributed by atoms with Crippen molar-refractivity contribution in [1.29, 1.82) is 0 Å². The number of benzene rings is 1. The number of amides is 1. The van der Waals surface area contributed by atoms with Gasteiger partial charge in [-0.25, -0.2) is 0 Å². The van der Waals surface area contributed by atoms with Crippen LogP contribution in [0.4, 0.5) is 0 Å². The first-order chi connectivity index (χ1) is 8.02. The largest absolute Gasteiger partial charge is 0.481 e. The number of rotatable bonds is 2. The molecule has 0 unspecified atom stereocenters. The predicted molar refractivity (Wildman–Crippen MR) is 62.9 cm³/mol. The maximum absolute atomic E-state index is 11.9. The Morgan fingerprint density at radius 2 is 2.00 bits per heavy atom. The molecule has 0 aromatic heterocycles. The fourth-order valence-electron chi connectivity index (χ4n) is 2.32. The summed E-state index contributed by atoms with van der Waals surface area (Å²) in [6, 6.07) is 6.55. The number of hydrogen-bond donors (Lipinski definition) is 2. The Hall–Kier alpha value is -1.84. The van der Waals surface area contributed by atoms with Crippen molar-refractivity contribution in [2.75, 3.05) is 0 Å². The number of hydrogen-bond acceptors (Lipinski definition) is 2. The molecule has 2 rings (SSSR count). The molecule has 4 nitrogen and oxygen atoms in total. The van der Waals surface area contributed by atoms with E-state index in [-0.39, 0.29) is 17.9 Å². The van der Waals surface area contributed by atoms with Crippen LogP contribution in [0.25, 0.3) is 0 Å². The van der Waals surface area contributed by atoms with Crippen LogP contribution in [0.1, 0.15) is 35.7 Å². The van der Waals surface area contributed by atoms with Crippen LogP contribution in [-0.4, -0.2) is 23.0 Å². The number of carbonyl (C=O) groups is 2. The summed E-state index contributed by atoms with van der Waals surface area (Å²) in [7, 11) is 0. The number of aliphatic carboxylic acids is 1. The standard InChI is InChI=1S/C13H15NO3/c1-7(2)11-10(13(16)17)8-5-3-4-6-9(8)12(15)14-11/h3-7,10-11H,1-2H3,(H,14,15)(H,16,17)/t10-,11+/m0/s1. The van der Waals surface area contributed by atoms with E-state index in [1.807, 2.05) is 13.8 Å². The first kappa shape index (κ1) is 11.6. The van der Waals surface area contributed by atoms with Gasteiger partial charge in [-0.15, -0.1) is 0 Å². The molecule has 0 bridgehead atoms. The topological polar surface area (TPSA) is 66.4 Å². The number of carbonyl (C=O) groups excluding carboxylic acids is 1. The van der Waals surface area contributed by atoms with E-state index in [1.54, 1.807) is 24.3 Å². The van der Waals surface area contributed by atoms with Crippen molar-refractivity contribution in [2.24, 2.45) is 5.92 Å². The summed E-state index contributed by atoms with van der Waals surface area (Å²) in [6.07, 6.45) is 0. The highest BCUT2D eigenvalue weighted by Gasteiger charge is 2.39. The lowest BCUT2D eigenvalue weighted by atomic mass is 9.80. The molecule has 0 saturated heterocycles. The first-order valence-corrected chi connectivity index (χ1v) is 5.65. The van der Waals surface area contributed by atoms with Gasteiger partial charge in [0.05, 0.1) is 0 Å². The van der Waals surface area contributed by atoms with Gasteiger partial charge < -0.3 is 10.4 Å². The van der Waals surface area contributed by atoms with E-state index < -0.39 is 11.9 Å². The van der Waals surface area contributed by atoms with Crippen molar-refractivity contribution in [3.8, 4) is 0 Å². The number of carboxylic acid groups (broad SMARTS) is 1. The smallest absolute Gasteiger partial charge is 0.313 e. The molecular formula is C13H15NO3. The molecule has 0 spiro atoms. The first-order valence-electron chi connectivity index (χ1n) is 5.65. The molecule has 90 valence electrons. The van der Waals surface area contributed by atoms with Crippen LogP contribution in [0, 0.1) is 5.92 Å². The van der Waals surface area contributed by atoms with Gasteiger partial charge in [-0.05, 0) is 17.5 Å². The molecule has 2 atom stereocenters. The third-order valence-electron chi connectivity index (χ3n) is 3.18. The van der Waals surface area contributed by atoms with Crippen LogP contribution in [0.2, 0.25) is 0 Å². The van der Waals surface area contributed by atoms with Crippen molar-refractivity contribution in [2.45, 2.75) is 25.8 Å². The number of carboxylic acids is 1. The summed E-state index contributed by atoms with van der Waals surface area (Å²) in [6.45, 7) is 3.82. The Kier molecular flexibility index (Phi) is 2.88. The zero-order chi connectivity index (χ0) is 12.6. The van der Waals surface area contributed by atoms with Crippen LogP contribution < -0.4 is 5.32 Å². The van der Waals surface area contributed by atoms with E-state index in [4.69, 9.17) is 0 Å². The van der Waals surface area contributed by atoms with Crippen LogP contribution in [-0.2, 0) is 4.79 Å². The highest BCUT2D eigenvalue weighted by Crippen LogP contribution is 2.31. The fourth-order valence-corrected chi connectivity index (χ4v) is 2.32. The summed E-state index contributed by atoms with van der Waals surface area (Å²) in [5.41, 5.74) is 1.08. The quantitative estimate of drug-likeness (QED) is 0.815. The minimum absolute atomic E-state index is 0.0772. The second-order valence-corrected chi connectivity index (χ2v) is 4.65. The summed E-state index contributed by atoms with van der Waals surface area (Å²) in [5, 5.41) is 12.1. The molecule has 4 heteroatoms. The molecule has 0 aliphatic carbocycles. The monoisotopic (exact) mass is 233 g/mol. The summed E-state index contributed by atoms with van der Waals surface area (Å²) >= 11 is 0. The molecule has 0 fully saturated rings. The van der Waals surface area contributed by atoms with E-state index in [1.165, 1.54) is 0 Å². The normalized spacial score (nSPS) is 23.1. The van der Waals surface area contributed by atoms with Gasteiger partial charge in [-0.3, -0.25) is 9.59 Å². The van der Waals surface area contributed by atoms with E-state index in [9.17, 15) is 14.7 Å². The lowest BCUT2D eigenvalue weighted by Crippen LogP contribution is -2.49. The zero-order valence-corrected chi connectivity index (χ0v) is 9.81. The molecule has 0 saturated carbocycles. The summed E-state index contributed by atoms with van der Waals surface area (Å²) < 4.78 is 0. The molecule has 1 aliphatic heterocycles. The molecule has 2 N–H and O–H groups in total. The Balaban J connectivity index is 2.54. The van der Waals surface area contributed by atoms with Gasteiger partial charge in [0.15, 0.2) is 0 Å². The second kappa shape index (κ2) is 4.20. The van der Waals surface area contributed by atoms with Gasteiger partial charge in [-0.2, -0.15) is 0 Å². The van der Waals surface area contributed by atoms with Crippen LogP contribution in [0.5, 0.6) is 0 Å². The number of fused-ring (bicyclic) bond motifs is 1. The van der Waals surface area contributed by atoms with Crippen LogP contribution >= 0.6 is 0 Å². The maximum atomic E-state index is 11.9. The molecule has 1 aromatic carbocycles. The summed E-state index contributed by atoms with van der Waals surface area (Å²) in [4.78, 5) is 23.3. The van der Waals surface area contributed by atoms with Gasteiger partial charge in [-0.1, -0.05) is 32.0 Å². The molecular weight excluding hydrogens is 218 g/mol. The lowest BCUT2D eigenvalue weighted by molar-refractivity contribution is -0.139. The predicted octanol–water partition coefficient (Wildman–Crippen LogP) is 1.62. The van der Waals surface area contributed by atoms with Crippen molar-refractivity contribution in [3.63, 3.8) is 0 Å². The van der Waals surface area contributed by atoms with E-state index in [0.29, 0.717) is 11.1 Å². The highest BCUT2D eigenvalue weighted by atomic mass is 16.4. The Morgan fingerprint density at radius 1 is 1.35 bits per heavy atom. The Bertz CT molecular complexity index is 467. The van der Waals surface area contributed by atoms with Gasteiger partial charge in [0, 0.05) is 11.6 Å². The minimum Gasteiger partial charge on any atom is -0.481 e. The Labute approximate surface area is 99.6 Å². The third-order valence-corrected chi connectivity index (χ3v) is 3.18. The van der Waals surface area contributed by atoms with Gasteiger partial charge in [0.25, 0.3) is 5.91 Å². The maximum Gasteiger partial charge on any atom is 0.313 e. The van der Waals surface area contributed by atoms with E-state index in [0.717, 1.165) is 0 Å². The average Bonchev–Trinajstić information content (AvgIpc) is 2.28. The highest BCUT2D eigenvalue weighted by molar-refractivity contribution is 6.00. The number of nitrogens with one attached hydrogen (secondary N) is 1. The minimum atomic E-state index is -0.892. The fraction of sp³-hybridized carbons (Fsp3) is 0.385. The van der Waals surface area contributed by atoms with Gasteiger partial charge in [0.1, 0.15) is 5.92 Å². The molecule has 1 aromatic rings. The van der Waals surface area contributed by atoms with Crippen LogP contribution in [0.15, 0.2) is 24.3 Å².